The van der Waals surface area contributed by atoms with Gasteiger partial charge in [0, 0.05) is 0 Å². The number of carboxylic acid groups (broad SMARTS) is 1. The van der Waals surface area contributed by atoms with Crippen molar-refractivity contribution in [1.82, 2.24) is 0 Å². The Morgan fingerprint density at radius 2 is 1.55 bits per heavy atom. The maximum Gasteiger partial charge on any atom is 0.309 e. The molecular weight excluding hydrogens is 388 g/mol. The normalized spacial score (nSPS) is 21.1. The quantitative estimate of drug-likeness (QED) is 0.186. The van der Waals surface area contributed by atoms with Gasteiger partial charge in [0.25, 0.3) is 0 Å². The zero-order valence-electron chi connectivity index (χ0n) is 20.9. The molecule has 4 atom stereocenters. The van der Waals surface area contributed by atoms with Crippen molar-refractivity contribution in [2.75, 3.05) is 0 Å². The summed E-state index contributed by atoms with van der Waals surface area (Å²) >= 11 is 0. The van der Waals surface area contributed by atoms with Gasteiger partial charge in [-0.2, -0.15) is 0 Å². The first-order valence-corrected chi connectivity index (χ1v) is 13.3. The maximum absolute atomic E-state index is 12.9. The Bertz CT molecular complexity index is 488. The van der Waals surface area contributed by atoms with Crippen LogP contribution >= 0.6 is 0 Å². The molecule has 1 fully saturated rings. The molecule has 182 valence electrons. The summed E-state index contributed by atoms with van der Waals surface area (Å²) in [6, 6.07) is 0. The van der Waals surface area contributed by atoms with Crippen molar-refractivity contribution in [1.29, 1.82) is 0 Å². The Balaban J connectivity index is 2.66. The van der Waals surface area contributed by atoms with E-state index in [1.54, 1.807) is 0 Å². The average molecular weight is 439 g/mol. The number of carbonyl (C=O) groups excluding carboxylic acids is 1. The molecule has 1 aliphatic carbocycles. The molecule has 0 amide bonds. The lowest BCUT2D eigenvalue weighted by Crippen LogP contribution is -2.31. The van der Waals surface area contributed by atoms with Crippen molar-refractivity contribution in [2.24, 2.45) is 23.7 Å². The van der Waals surface area contributed by atoms with Crippen LogP contribution in [0.5, 0.6) is 0 Å². The third-order valence-electron chi connectivity index (χ3n) is 6.96. The lowest BCUT2D eigenvalue weighted by atomic mass is 9.81. The zero-order valence-corrected chi connectivity index (χ0v) is 20.9. The highest BCUT2D eigenvalue weighted by Crippen LogP contribution is 2.32. The van der Waals surface area contributed by atoms with Crippen molar-refractivity contribution in [3.05, 3.63) is 0 Å². The maximum atomic E-state index is 12.9. The predicted molar refractivity (Wildman–Crippen MR) is 128 cm³/mol. The average Bonchev–Trinajstić information content (AvgIpc) is 2.73. The van der Waals surface area contributed by atoms with Gasteiger partial charge in [-0.05, 0) is 50.4 Å². The molecule has 1 saturated carbocycles. The lowest BCUT2D eigenvalue weighted by Gasteiger charge is -2.29. The highest BCUT2D eigenvalue weighted by atomic mass is 16.5. The minimum absolute atomic E-state index is 0.00469. The van der Waals surface area contributed by atoms with Gasteiger partial charge in [0.05, 0.1) is 11.8 Å². The smallest absolute Gasteiger partial charge is 0.309 e. The van der Waals surface area contributed by atoms with Gasteiger partial charge in [-0.15, -0.1) is 0 Å². The number of carbonyl (C=O) groups is 2. The second kappa shape index (κ2) is 16.6. The molecule has 0 heterocycles. The third kappa shape index (κ3) is 12.5. The van der Waals surface area contributed by atoms with Gasteiger partial charge in [-0.3, -0.25) is 9.59 Å². The Labute approximate surface area is 191 Å². The summed E-state index contributed by atoms with van der Waals surface area (Å²) < 4.78 is 6.10. The SMILES string of the molecule is CCCCCC(CCC)CC(CCCCCC(C)C)OC(=O)C1CCCC(C(=O)O)C1. The monoisotopic (exact) mass is 438 g/mol. The highest BCUT2D eigenvalue weighted by molar-refractivity contribution is 5.75. The van der Waals surface area contributed by atoms with E-state index < -0.39 is 5.97 Å². The highest BCUT2D eigenvalue weighted by Gasteiger charge is 2.33. The van der Waals surface area contributed by atoms with Crippen molar-refractivity contribution in [3.8, 4) is 0 Å². The predicted octanol–water partition coefficient (Wildman–Crippen LogP) is 7.78. The molecule has 0 aliphatic heterocycles. The number of aliphatic carboxylic acids is 1. The fraction of sp³-hybridized carbons (Fsp3) is 0.926. The summed E-state index contributed by atoms with van der Waals surface area (Å²) in [7, 11) is 0. The molecule has 0 aromatic rings. The van der Waals surface area contributed by atoms with Gasteiger partial charge in [0.2, 0.25) is 0 Å². The summed E-state index contributed by atoms with van der Waals surface area (Å²) in [4.78, 5) is 24.3. The Morgan fingerprint density at radius 3 is 2.19 bits per heavy atom. The number of rotatable bonds is 17. The van der Waals surface area contributed by atoms with E-state index in [0.29, 0.717) is 18.8 Å². The lowest BCUT2D eigenvalue weighted by molar-refractivity contribution is -0.158. The van der Waals surface area contributed by atoms with Gasteiger partial charge in [-0.25, -0.2) is 0 Å². The van der Waals surface area contributed by atoms with E-state index in [-0.39, 0.29) is 23.9 Å². The molecule has 0 radical (unpaired) electrons. The van der Waals surface area contributed by atoms with E-state index in [1.165, 1.54) is 57.8 Å². The molecular formula is C27H50O4. The van der Waals surface area contributed by atoms with Gasteiger partial charge >= 0.3 is 11.9 Å². The minimum atomic E-state index is -0.766. The Hall–Kier alpha value is -1.06. The summed E-state index contributed by atoms with van der Waals surface area (Å²) in [6.45, 7) is 9.02. The van der Waals surface area contributed by atoms with Crippen LogP contribution in [0.2, 0.25) is 0 Å². The number of hydrogen-bond acceptors (Lipinski definition) is 3. The second-order valence-electron chi connectivity index (χ2n) is 10.4. The molecule has 1 rings (SSSR count). The van der Waals surface area contributed by atoms with Gasteiger partial charge in [0.15, 0.2) is 0 Å². The molecule has 4 heteroatoms. The first-order valence-electron chi connectivity index (χ1n) is 13.3. The first-order chi connectivity index (χ1) is 14.9. The fourth-order valence-electron chi connectivity index (χ4n) is 5.06. The molecule has 0 spiro atoms. The molecule has 4 unspecified atom stereocenters. The first kappa shape index (κ1) is 28.0. The molecule has 1 N–H and O–H groups in total. The molecule has 0 saturated heterocycles. The van der Waals surface area contributed by atoms with E-state index in [2.05, 4.69) is 27.7 Å². The summed E-state index contributed by atoms with van der Waals surface area (Å²) in [6.07, 6.45) is 16.9. The van der Waals surface area contributed by atoms with Crippen molar-refractivity contribution >= 4 is 11.9 Å². The number of hydrogen-bond donors (Lipinski definition) is 1. The number of unbranched alkanes of at least 4 members (excludes halogenated alkanes) is 4. The number of esters is 1. The molecule has 0 aromatic heterocycles. The van der Waals surface area contributed by atoms with Crippen LogP contribution in [0.1, 0.15) is 130 Å². The number of ether oxygens (including phenoxy) is 1. The molecule has 0 bridgehead atoms. The van der Waals surface area contributed by atoms with Crippen molar-refractivity contribution in [2.45, 2.75) is 137 Å². The van der Waals surface area contributed by atoms with E-state index in [1.807, 2.05) is 0 Å². The Kier molecular flexibility index (Phi) is 14.9. The van der Waals surface area contributed by atoms with Crippen LogP contribution in [0.4, 0.5) is 0 Å². The topological polar surface area (TPSA) is 63.6 Å². The van der Waals surface area contributed by atoms with Crippen LogP contribution in [-0.2, 0) is 14.3 Å². The van der Waals surface area contributed by atoms with Crippen LogP contribution in [0.3, 0.4) is 0 Å². The molecule has 1 aliphatic rings. The van der Waals surface area contributed by atoms with Crippen LogP contribution in [0.25, 0.3) is 0 Å². The zero-order chi connectivity index (χ0) is 23.1. The largest absolute Gasteiger partial charge is 0.481 e. The van der Waals surface area contributed by atoms with E-state index in [4.69, 9.17) is 4.74 Å². The fourth-order valence-corrected chi connectivity index (χ4v) is 5.06. The van der Waals surface area contributed by atoms with E-state index in [0.717, 1.165) is 38.0 Å². The van der Waals surface area contributed by atoms with Crippen molar-refractivity contribution < 1.29 is 19.4 Å². The second-order valence-corrected chi connectivity index (χ2v) is 10.4. The van der Waals surface area contributed by atoms with Crippen LogP contribution in [0.15, 0.2) is 0 Å². The minimum Gasteiger partial charge on any atom is -0.481 e. The van der Waals surface area contributed by atoms with Crippen LogP contribution < -0.4 is 0 Å². The summed E-state index contributed by atoms with van der Waals surface area (Å²) in [5, 5.41) is 9.35. The van der Waals surface area contributed by atoms with Gasteiger partial charge < -0.3 is 9.84 Å². The third-order valence-corrected chi connectivity index (χ3v) is 6.96. The molecule has 0 aromatic carbocycles. The van der Waals surface area contributed by atoms with E-state index >= 15 is 0 Å². The molecule has 31 heavy (non-hydrogen) atoms. The molecule has 4 nitrogen and oxygen atoms in total. The van der Waals surface area contributed by atoms with Crippen molar-refractivity contribution in [3.63, 3.8) is 0 Å². The van der Waals surface area contributed by atoms with Crippen LogP contribution in [-0.4, -0.2) is 23.1 Å². The number of carboxylic acids is 1. The van der Waals surface area contributed by atoms with Gasteiger partial charge in [-0.1, -0.05) is 91.9 Å². The Morgan fingerprint density at radius 1 is 0.871 bits per heavy atom. The summed E-state index contributed by atoms with van der Waals surface area (Å²) in [5.41, 5.74) is 0. The van der Waals surface area contributed by atoms with Gasteiger partial charge in [0.1, 0.15) is 6.10 Å². The standard InChI is InChI=1S/C27H50O4/c1-5-7-9-15-22(13-6-2)19-25(18-11-8-10-14-21(3)4)31-27(30)24-17-12-16-23(20-24)26(28)29/h21-25H,5-20H2,1-4H3,(H,28,29). The summed E-state index contributed by atoms with van der Waals surface area (Å²) in [5.74, 6) is -0.150. The van der Waals surface area contributed by atoms with Crippen LogP contribution in [0, 0.1) is 23.7 Å². The van der Waals surface area contributed by atoms with E-state index in [9.17, 15) is 14.7 Å².